The van der Waals surface area contributed by atoms with Gasteiger partial charge in [-0.05, 0) is 74.9 Å². The van der Waals surface area contributed by atoms with Gasteiger partial charge >= 0.3 is 5.97 Å². The highest BCUT2D eigenvalue weighted by molar-refractivity contribution is 6.01. The van der Waals surface area contributed by atoms with Gasteiger partial charge in [-0.25, -0.2) is 0 Å². The number of hydrogen-bond donors (Lipinski definition) is 0. The number of esters is 1. The minimum atomic E-state index is -0.979. The summed E-state index contributed by atoms with van der Waals surface area (Å²) >= 11 is 0. The van der Waals surface area contributed by atoms with Crippen LogP contribution in [-0.2, 0) is 19.1 Å². The fraction of sp³-hybridized carbons (Fsp3) is 0.708. The molecule has 3 saturated carbocycles. The second kappa shape index (κ2) is 6.14. The number of allylic oxidation sites excluding steroid dienone is 4. The van der Waals surface area contributed by atoms with E-state index in [1.807, 2.05) is 6.08 Å². The number of ether oxygens (including phenoxy) is 1. The van der Waals surface area contributed by atoms with Crippen molar-refractivity contribution < 1.29 is 19.1 Å². The predicted octanol–water partition coefficient (Wildman–Crippen LogP) is 4.43. The zero-order valence-corrected chi connectivity index (χ0v) is 17.7. The van der Waals surface area contributed by atoms with Gasteiger partial charge in [0, 0.05) is 17.8 Å². The monoisotopic (exact) mass is 384 g/mol. The van der Waals surface area contributed by atoms with Crippen molar-refractivity contribution in [3.05, 3.63) is 23.8 Å². The van der Waals surface area contributed by atoms with Crippen LogP contribution in [0.4, 0.5) is 0 Å². The summed E-state index contributed by atoms with van der Waals surface area (Å²) in [4.78, 5) is 36.7. The minimum Gasteiger partial charge on any atom is -0.451 e. The molecule has 4 aliphatic carbocycles. The van der Waals surface area contributed by atoms with Crippen LogP contribution in [0.1, 0.15) is 66.7 Å². The van der Waals surface area contributed by atoms with Gasteiger partial charge in [0.1, 0.15) is 0 Å². The van der Waals surface area contributed by atoms with Crippen molar-refractivity contribution in [2.75, 3.05) is 0 Å². The molecule has 0 heterocycles. The molecule has 0 spiro atoms. The van der Waals surface area contributed by atoms with Gasteiger partial charge in [-0.2, -0.15) is 0 Å². The van der Waals surface area contributed by atoms with Crippen molar-refractivity contribution in [3.63, 3.8) is 0 Å². The van der Waals surface area contributed by atoms with Gasteiger partial charge in [0.05, 0.1) is 0 Å². The summed E-state index contributed by atoms with van der Waals surface area (Å²) in [6, 6.07) is 0. The summed E-state index contributed by atoms with van der Waals surface area (Å²) in [6.07, 6.45) is 10.2. The third kappa shape index (κ3) is 2.39. The van der Waals surface area contributed by atoms with Crippen molar-refractivity contribution in [1.29, 1.82) is 0 Å². The topological polar surface area (TPSA) is 60.4 Å². The number of carbonyl (C=O) groups excluding carboxylic acids is 3. The third-order valence-electron chi connectivity index (χ3n) is 8.88. The SMILES string of the molecule is CC(=O)O[C@]1(C(C)=O)CC[C@@H]2[C@@H]3C[C@H](C)C4=CC(=O)C=C[C@]4(C)[C@H]3CC[C@@]21C. The van der Waals surface area contributed by atoms with E-state index in [1.54, 1.807) is 13.0 Å². The predicted molar refractivity (Wildman–Crippen MR) is 106 cm³/mol. The molecular weight excluding hydrogens is 352 g/mol. The molecule has 0 aromatic rings. The van der Waals surface area contributed by atoms with Crippen molar-refractivity contribution in [3.8, 4) is 0 Å². The molecule has 0 N–H and O–H groups in total. The van der Waals surface area contributed by atoms with Gasteiger partial charge in [-0.3, -0.25) is 14.4 Å². The molecule has 0 aromatic carbocycles. The molecule has 0 aromatic heterocycles. The van der Waals surface area contributed by atoms with Crippen molar-refractivity contribution in [2.45, 2.75) is 72.3 Å². The molecule has 7 atom stereocenters. The number of rotatable bonds is 2. The van der Waals surface area contributed by atoms with Crippen molar-refractivity contribution in [1.82, 2.24) is 0 Å². The highest BCUT2D eigenvalue weighted by Crippen LogP contribution is 2.68. The number of fused-ring (bicyclic) bond motifs is 5. The molecule has 0 saturated heterocycles. The molecule has 0 unspecified atom stereocenters. The number of hydrogen-bond acceptors (Lipinski definition) is 4. The average Bonchev–Trinajstić information content (AvgIpc) is 2.90. The van der Waals surface area contributed by atoms with Crippen LogP contribution >= 0.6 is 0 Å². The van der Waals surface area contributed by atoms with Crippen molar-refractivity contribution >= 4 is 17.5 Å². The molecule has 0 radical (unpaired) electrons. The highest BCUT2D eigenvalue weighted by atomic mass is 16.6. The van der Waals surface area contributed by atoms with Crippen molar-refractivity contribution in [2.24, 2.45) is 34.5 Å². The van der Waals surface area contributed by atoms with E-state index in [2.05, 4.69) is 26.8 Å². The van der Waals surface area contributed by atoms with Crippen LogP contribution in [0.5, 0.6) is 0 Å². The molecular formula is C24H32O4. The lowest BCUT2D eigenvalue weighted by molar-refractivity contribution is -0.186. The van der Waals surface area contributed by atoms with E-state index in [-0.39, 0.29) is 28.4 Å². The van der Waals surface area contributed by atoms with Crippen LogP contribution in [0.3, 0.4) is 0 Å². The molecule has 4 heteroatoms. The van der Waals surface area contributed by atoms with Crippen LogP contribution in [0.25, 0.3) is 0 Å². The van der Waals surface area contributed by atoms with Crippen LogP contribution in [0.2, 0.25) is 0 Å². The molecule has 28 heavy (non-hydrogen) atoms. The molecule has 4 rings (SSSR count). The Morgan fingerprint density at radius 2 is 1.79 bits per heavy atom. The summed E-state index contributed by atoms with van der Waals surface area (Å²) < 4.78 is 5.83. The van der Waals surface area contributed by atoms with Crippen LogP contribution in [0.15, 0.2) is 23.8 Å². The number of Topliss-reactive ketones (excluding diaryl/α,β-unsaturated/α-hetero) is 1. The first-order valence-electron chi connectivity index (χ1n) is 10.7. The Hall–Kier alpha value is -1.71. The molecule has 0 aliphatic heterocycles. The third-order valence-corrected chi connectivity index (χ3v) is 8.88. The highest BCUT2D eigenvalue weighted by Gasteiger charge is 2.68. The lowest BCUT2D eigenvalue weighted by Crippen LogP contribution is -2.59. The van der Waals surface area contributed by atoms with E-state index < -0.39 is 5.60 Å². The Bertz CT molecular complexity index is 807. The van der Waals surface area contributed by atoms with Gasteiger partial charge < -0.3 is 4.74 Å². The maximum absolute atomic E-state index is 12.8. The van der Waals surface area contributed by atoms with E-state index in [0.717, 1.165) is 25.7 Å². The Kier molecular flexibility index (Phi) is 4.30. The Morgan fingerprint density at radius 3 is 2.43 bits per heavy atom. The van der Waals surface area contributed by atoms with Crippen LogP contribution < -0.4 is 0 Å². The fourth-order valence-corrected chi connectivity index (χ4v) is 7.68. The normalized spacial score (nSPS) is 46.9. The van der Waals surface area contributed by atoms with E-state index >= 15 is 0 Å². The second-order valence-electron chi connectivity index (χ2n) is 10.1. The first kappa shape index (κ1) is 19.6. The average molecular weight is 385 g/mol. The minimum absolute atomic E-state index is 0.00929. The van der Waals surface area contributed by atoms with Crippen LogP contribution in [0, 0.1) is 34.5 Å². The molecule has 0 amide bonds. The van der Waals surface area contributed by atoms with Gasteiger partial charge in [-0.1, -0.05) is 32.4 Å². The van der Waals surface area contributed by atoms with Gasteiger partial charge in [-0.15, -0.1) is 0 Å². The molecule has 4 nitrogen and oxygen atoms in total. The fourth-order valence-electron chi connectivity index (χ4n) is 7.68. The standard InChI is InChI=1S/C24H32O4/c1-14-12-18-19(22(4)9-6-17(27)13-21(14)22)7-10-23(5)20(18)8-11-24(23,15(2)25)28-16(3)26/h6,9,13-14,18-20H,7-8,10-12H2,1-5H3/t14-,18+,19-,20+,22+,23-,24-/m0/s1. The summed E-state index contributed by atoms with van der Waals surface area (Å²) in [5, 5.41) is 0. The summed E-state index contributed by atoms with van der Waals surface area (Å²) in [5.74, 6) is 1.39. The largest absolute Gasteiger partial charge is 0.451 e. The Labute approximate surface area is 167 Å². The first-order valence-corrected chi connectivity index (χ1v) is 10.7. The first-order chi connectivity index (χ1) is 13.0. The molecule has 3 fully saturated rings. The lowest BCUT2D eigenvalue weighted by Gasteiger charge is -2.59. The van der Waals surface area contributed by atoms with Crippen LogP contribution in [-0.4, -0.2) is 23.1 Å². The zero-order valence-electron chi connectivity index (χ0n) is 17.7. The Balaban J connectivity index is 1.75. The van der Waals surface area contributed by atoms with E-state index in [0.29, 0.717) is 30.1 Å². The summed E-state index contributed by atoms with van der Waals surface area (Å²) in [5.41, 5.74) is -0.0919. The quantitative estimate of drug-likeness (QED) is 0.661. The Morgan fingerprint density at radius 1 is 1.11 bits per heavy atom. The van der Waals surface area contributed by atoms with E-state index in [4.69, 9.17) is 4.74 Å². The van der Waals surface area contributed by atoms with E-state index in [9.17, 15) is 14.4 Å². The van der Waals surface area contributed by atoms with Gasteiger partial charge in [0.15, 0.2) is 17.2 Å². The summed E-state index contributed by atoms with van der Waals surface area (Å²) in [7, 11) is 0. The van der Waals surface area contributed by atoms with Gasteiger partial charge in [0.2, 0.25) is 0 Å². The van der Waals surface area contributed by atoms with Gasteiger partial charge in [0.25, 0.3) is 0 Å². The number of carbonyl (C=O) groups is 3. The number of ketones is 2. The second-order valence-corrected chi connectivity index (χ2v) is 10.1. The molecule has 4 aliphatic rings. The maximum atomic E-state index is 12.8. The summed E-state index contributed by atoms with van der Waals surface area (Å²) in [6.45, 7) is 9.71. The molecule has 152 valence electrons. The van der Waals surface area contributed by atoms with E-state index in [1.165, 1.54) is 12.5 Å². The smallest absolute Gasteiger partial charge is 0.303 e. The maximum Gasteiger partial charge on any atom is 0.303 e. The lowest BCUT2D eigenvalue weighted by atomic mass is 9.45. The zero-order chi connectivity index (χ0) is 20.5. The molecule has 0 bridgehead atoms.